The topological polar surface area (TPSA) is 46.9 Å². The second kappa shape index (κ2) is 23.3. The third kappa shape index (κ3) is 12.4. The van der Waals surface area contributed by atoms with Crippen LogP contribution >= 0.6 is 0 Å². The molecule has 4 nitrogen and oxygen atoms in total. The van der Waals surface area contributed by atoms with Crippen LogP contribution in [0.15, 0.2) is 0 Å². The van der Waals surface area contributed by atoms with Crippen molar-refractivity contribution in [2.24, 2.45) is 47.3 Å². The van der Waals surface area contributed by atoms with Gasteiger partial charge >= 0.3 is 0 Å². The number of rotatable bonds is 15. The van der Waals surface area contributed by atoms with Gasteiger partial charge < -0.3 is 10.2 Å². The standard InChI is InChI=1S/C56H100N2O2/c1-3-44(40-43-18-38-56(60)39-19-43)46-22-30-52(31-23-46)58(50-12-8-5-9-13-50)54-34-26-48(27-35-54)47-24-32-53(33-25-47)57(49-10-6-4-7-11-49)51-28-20-45(21-29-51)41(2)14-15-42-16-36-55(59)37-17-42/h41-56,59-60H,3-40H2,1-2H3. The van der Waals surface area contributed by atoms with Crippen molar-refractivity contribution in [3.8, 4) is 0 Å². The highest BCUT2D eigenvalue weighted by Gasteiger charge is 2.42. The maximum absolute atomic E-state index is 10.1. The Kier molecular flexibility index (Phi) is 18.0. The molecular weight excluding hydrogens is 733 g/mol. The van der Waals surface area contributed by atoms with Gasteiger partial charge in [-0.05, 0) is 234 Å². The predicted octanol–water partition coefficient (Wildman–Crippen LogP) is 14.4. The van der Waals surface area contributed by atoms with Gasteiger partial charge in [0.15, 0.2) is 0 Å². The Balaban J connectivity index is 0.805. The van der Waals surface area contributed by atoms with Gasteiger partial charge in [0.25, 0.3) is 0 Å². The number of hydrogen-bond donors (Lipinski definition) is 2. The Morgan fingerprint density at radius 2 is 0.767 bits per heavy atom. The highest BCUT2D eigenvalue weighted by molar-refractivity contribution is 4.97. The van der Waals surface area contributed by atoms with Gasteiger partial charge in [-0.25, -0.2) is 0 Å². The van der Waals surface area contributed by atoms with E-state index in [0.29, 0.717) is 0 Å². The molecule has 8 saturated carbocycles. The van der Waals surface area contributed by atoms with Gasteiger partial charge in [-0.2, -0.15) is 0 Å². The zero-order valence-corrected chi connectivity index (χ0v) is 39.9. The van der Waals surface area contributed by atoms with Crippen LogP contribution in [0.25, 0.3) is 0 Å². The van der Waals surface area contributed by atoms with E-state index in [1.807, 2.05) is 0 Å². The summed E-state index contributed by atoms with van der Waals surface area (Å²) in [6.07, 6.45) is 53.9. The minimum atomic E-state index is -0.0107. The molecule has 2 atom stereocenters. The molecule has 0 radical (unpaired) electrons. The molecule has 8 aliphatic carbocycles. The largest absolute Gasteiger partial charge is 0.393 e. The fraction of sp³-hybridized carbons (Fsp3) is 1.00. The van der Waals surface area contributed by atoms with Crippen molar-refractivity contribution >= 4 is 0 Å². The van der Waals surface area contributed by atoms with Gasteiger partial charge in [-0.3, -0.25) is 9.80 Å². The normalized spacial score (nSPS) is 40.7. The van der Waals surface area contributed by atoms with Crippen LogP contribution < -0.4 is 0 Å². The molecule has 0 aromatic carbocycles. The maximum Gasteiger partial charge on any atom is 0.0540 e. The molecule has 0 aliphatic heterocycles. The first kappa shape index (κ1) is 46.4. The molecule has 8 rings (SSSR count). The van der Waals surface area contributed by atoms with Gasteiger partial charge in [-0.1, -0.05) is 71.6 Å². The molecule has 346 valence electrons. The third-order valence-corrected chi connectivity index (χ3v) is 20.6. The molecule has 8 aliphatic rings. The van der Waals surface area contributed by atoms with Crippen LogP contribution in [0.4, 0.5) is 0 Å². The van der Waals surface area contributed by atoms with Gasteiger partial charge in [0, 0.05) is 36.3 Å². The Hall–Kier alpha value is -0.160. The summed E-state index contributed by atoms with van der Waals surface area (Å²) in [7, 11) is 0. The quantitative estimate of drug-likeness (QED) is 0.173. The summed E-state index contributed by atoms with van der Waals surface area (Å²) < 4.78 is 0. The van der Waals surface area contributed by atoms with Gasteiger partial charge in [0.05, 0.1) is 12.2 Å². The highest BCUT2D eigenvalue weighted by Crippen LogP contribution is 2.47. The monoisotopic (exact) mass is 833 g/mol. The smallest absolute Gasteiger partial charge is 0.0540 e. The van der Waals surface area contributed by atoms with Crippen molar-refractivity contribution in [3.63, 3.8) is 0 Å². The first-order valence-electron chi connectivity index (χ1n) is 28.3. The van der Waals surface area contributed by atoms with E-state index in [0.717, 1.165) is 109 Å². The molecule has 0 saturated heterocycles. The lowest BCUT2D eigenvalue weighted by atomic mass is 9.69. The molecule has 4 heteroatoms. The van der Waals surface area contributed by atoms with Crippen LogP contribution in [0.3, 0.4) is 0 Å². The maximum atomic E-state index is 10.1. The number of hydrogen-bond acceptors (Lipinski definition) is 4. The van der Waals surface area contributed by atoms with E-state index in [2.05, 4.69) is 23.6 Å². The molecule has 0 amide bonds. The van der Waals surface area contributed by atoms with Crippen molar-refractivity contribution in [2.45, 2.75) is 306 Å². The summed E-state index contributed by atoms with van der Waals surface area (Å²) in [5, 5.41) is 20.1. The van der Waals surface area contributed by atoms with Crippen LogP contribution in [-0.4, -0.2) is 68.5 Å². The lowest BCUT2D eigenvalue weighted by molar-refractivity contribution is -0.0130. The zero-order valence-electron chi connectivity index (χ0n) is 39.9. The molecule has 2 N–H and O–H groups in total. The summed E-state index contributed by atoms with van der Waals surface area (Å²) in [5.74, 6) is 7.53. The minimum Gasteiger partial charge on any atom is -0.393 e. The number of aliphatic hydroxyl groups is 2. The lowest BCUT2D eigenvalue weighted by Gasteiger charge is -2.51. The van der Waals surface area contributed by atoms with Gasteiger partial charge in [-0.15, -0.1) is 0 Å². The molecule has 0 heterocycles. The molecule has 2 unspecified atom stereocenters. The van der Waals surface area contributed by atoms with E-state index < -0.39 is 0 Å². The summed E-state index contributed by atoms with van der Waals surface area (Å²) >= 11 is 0. The average Bonchev–Trinajstić information content (AvgIpc) is 3.30. The zero-order chi connectivity index (χ0) is 41.3. The first-order chi connectivity index (χ1) is 29.4. The molecule has 0 aromatic rings. The Labute approximate surface area is 372 Å². The minimum absolute atomic E-state index is 0.00729. The molecule has 8 fully saturated rings. The van der Waals surface area contributed by atoms with Crippen LogP contribution in [0.5, 0.6) is 0 Å². The predicted molar refractivity (Wildman–Crippen MR) is 253 cm³/mol. The van der Waals surface area contributed by atoms with Crippen molar-refractivity contribution in [1.82, 2.24) is 9.80 Å². The van der Waals surface area contributed by atoms with Crippen molar-refractivity contribution in [2.75, 3.05) is 0 Å². The summed E-state index contributed by atoms with van der Waals surface area (Å²) in [5.41, 5.74) is 0. The Morgan fingerprint density at radius 1 is 0.400 bits per heavy atom. The molecule has 60 heavy (non-hydrogen) atoms. The lowest BCUT2D eigenvalue weighted by Crippen LogP contribution is -2.53. The van der Waals surface area contributed by atoms with E-state index in [1.54, 1.807) is 0 Å². The highest BCUT2D eigenvalue weighted by atomic mass is 16.3. The van der Waals surface area contributed by atoms with Crippen molar-refractivity contribution in [3.05, 3.63) is 0 Å². The van der Waals surface area contributed by atoms with Crippen molar-refractivity contribution < 1.29 is 10.2 Å². The van der Waals surface area contributed by atoms with E-state index >= 15 is 0 Å². The van der Waals surface area contributed by atoms with E-state index in [-0.39, 0.29) is 12.2 Å². The second-order valence-corrected chi connectivity index (χ2v) is 24.1. The van der Waals surface area contributed by atoms with Gasteiger partial charge in [0.2, 0.25) is 0 Å². The fourth-order valence-corrected chi connectivity index (χ4v) is 16.8. The van der Waals surface area contributed by atoms with Gasteiger partial charge in [0.1, 0.15) is 0 Å². The van der Waals surface area contributed by atoms with E-state index in [9.17, 15) is 10.2 Å². The van der Waals surface area contributed by atoms with Crippen LogP contribution in [0, 0.1) is 47.3 Å². The summed E-state index contributed by atoms with van der Waals surface area (Å²) in [4.78, 5) is 6.51. The summed E-state index contributed by atoms with van der Waals surface area (Å²) in [6.45, 7) is 5.09. The summed E-state index contributed by atoms with van der Waals surface area (Å²) in [6, 6.07) is 5.25. The second-order valence-electron chi connectivity index (χ2n) is 24.1. The van der Waals surface area contributed by atoms with Crippen molar-refractivity contribution in [1.29, 1.82) is 0 Å². The first-order valence-corrected chi connectivity index (χ1v) is 28.3. The third-order valence-electron chi connectivity index (χ3n) is 20.6. The van der Waals surface area contributed by atoms with Crippen LogP contribution in [-0.2, 0) is 0 Å². The fourth-order valence-electron chi connectivity index (χ4n) is 16.8. The van der Waals surface area contributed by atoms with Crippen LogP contribution in [0.1, 0.15) is 258 Å². The van der Waals surface area contributed by atoms with E-state index in [1.165, 1.54) is 218 Å². The molecular formula is C56H100N2O2. The Morgan fingerprint density at radius 3 is 1.18 bits per heavy atom. The molecule has 0 spiro atoms. The SMILES string of the molecule is CCC(CC1CCC(O)CC1)C1CCC(N(C2CCCCC2)C2CCC(C3CCC(N(C4CCCCC4)C4CCC(C(C)CCC5CCC(O)CC5)CC4)CC3)CC2)CC1. The number of nitrogens with zero attached hydrogens (tertiary/aromatic N) is 2. The van der Waals surface area contributed by atoms with E-state index in [4.69, 9.17) is 0 Å². The average molecular weight is 833 g/mol. The Bertz CT molecular complexity index is 1170. The number of aliphatic hydroxyl groups excluding tert-OH is 2. The van der Waals surface area contributed by atoms with Crippen LogP contribution in [0.2, 0.25) is 0 Å². The molecule has 0 bridgehead atoms. The molecule has 0 aromatic heterocycles.